The van der Waals surface area contributed by atoms with E-state index in [0.29, 0.717) is 6.04 Å². The number of guanidine groups is 1. The van der Waals surface area contributed by atoms with Gasteiger partial charge in [-0.25, -0.2) is 0 Å². The van der Waals surface area contributed by atoms with Crippen LogP contribution in [0.15, 0.2) is 29.3 Å². The second kappa shape index (κ2) is 14.5. The first-order valence-electron chi connectivity index (χ1n) is 11.7. The van der Waals surface area contributed by atoms with Gasteiger partial charge in [-0.15, -0.1) is 24.0 Å². The van der Waals surface area contributed by atoms with E-state index < -0.39 is 0 Å². The first-order valence-corrected chi connectivity index (χ1v) is 13.0. The topological polar surface area (TPSA) is 58.1 Å². The summed E-state index contributed by atoms with van der Waals surface area (Å²) in [6.45, 7) is 8.64. The molecule has 0 aliphatic carbocycles. The predicted molar refractivity (Wildman–Crippen MR) is 147 cm³/mol. The van der Waals surface area contributed by atoms with Gasteiger partial charge >= 0.3 is 0 Å². The van der Waals surface area contributed by atoms with Gasteiger partial charge in [-0.05, 0) is 69.6 Å². The van der Waals surface area contributed by atoms with Gasteiger partial charge in [0, 0.05) is 31.1 Å². The lowest BCUT2D eigenvalue weighted by Crippen LogP contribution is -2.45. The molecule has 2 saturated heterocycles. The molecule has 2 heterocycles. The lowest BCUT2D eigenvalue weighted by Gasteiger charge is -2.36. The van der Waals surface area contributed by atoms with Crippen LogP contribution in [-0.2, 0) is 4.74 Å². The molecular weight excluding hydrogens is 535 g/mol. The molecule has 0 saturated carbocycles. The van der Waals surface area contributed by atoms with E-state index in [1.807, 2.05) is 11.8 Å². The number of hydrogen-bond donors (Lipinski definition) is 2. The summed E-state index contributed by atoms with van der Waals surface area (Å²) in [6, 6.07) is 8.87. The Morgan fingerprint density at radius 1 is 1.16 bits per heavy atom. The van der Waals surface area contributed by atoms with Gasteiger partial charge in [0.05, 0.1) is 19.7 Å². The molecule has 2 aliphatic rings. The van der Waals surface area contributed by atoms with Crippen LogP contribution in [0.2, 0.25) is 0 Å². The minimum absolute atomic E-state index is 0. The fourth-order valence-electron chi connectivity index (χ4n) is 4.44. The highest BCUT2D eigenvalue weighted by atomic mass is 127. The van der Waals surface area contributed by atoms with Gasteiger partial charge in [0.2, 0.25) is 0 Å². The van der Waals surface area contributed by atoms with Crippen LogP contribution >= 0.6 is 35.7 Å². The van der Waals surface area contributed by atoms with Crippen molar-refractivity contribution in [1.29, 1.82) is 0 Å². The second-order valence-corrected chi connectivity index (χ2v) is 9.74. The van der Waals surface area contributed by atoms with E-state index in [9.17, 15) is 0 Å². The molecule has 3 rings (SSSR count). The second-order valence-electron chi connectivity index (χ2n) is 8.46. The third kappa shape index (κ3) is 7.95. The van der Waals surface area contributed by atoms with E-state index in [2.05, 4.69) is 53.0 Å². The van der Waals surface area contributed by atoms with Gasteiger partial charge in [0.15, 0.2) is 5.96 Å². The number of piperidine rings is 1. The molecule has 1 atom stereocenters. The summed E-state index contributed by atoms with van der Waals surface area (Å²) in [4.78, 5) is 7.61. The standard InChI is InChI=1S/C24H40N4O2S.HI/c1-4-25-23(27-19-24(31-3)12-16-30-17-13-24)26-18-22(28-14-6-5-7-15-28)20-8-10-21(29-2)11-9-20;/h8-11,22H,4-7,12-19H2,1-3H3,(H2,25,26,27);1H. The van der Waals surface area contributed by atoms with Crippen LogP contribution < -0.4 is 15.4 Å². The minimum atomic E-state index is 0. The quantitative estimate of drug-likeness (QED) is 0.260. The van der Waals surface area contributed by atoms with Crippen LogP contribution in [0.25, 0.3) is 0 Å². The number of methoxy groups -OCH3 is 1. The zero-order valence-corrected chi connectivity index (χ0v) is 23.0. The Labute approximate surface area is 215 Å². The van der Waals surface area contributed by atoms with Crippen LogP contribution in [0, 0.1) is 0 Å². The summed E-state index contributed by atoms with van der Waals surface area (Å²) >= 11 is 1.94. The van der Waals surface area contributed by atoms with Gasteiger partial charge in [-0.3, -0.25) is 9.89 Å². The largest absolute Gasteiger partial charge is 0.497 e. The Morgan fingerprint density at radius 3 is 2.44 bits per heavy atom. The monoisotopic (exact) mass is 576 g/mol. The Kier molecular flexibility index (Phi) is 12.5. The predicted octanol–water partition coefficient (Wildman–Crippen LogP) is 4.31. The van der Waals surface area contributed by atoms with E-state index in [0.717, 1.165) is 70.5 Å². The molecule has 0 amide bonds. The number of aliphatic imine (C=N–C) groups is 1. The molecule has 2 aliphatic heterocycles. The van der Waals surface area contributed by atoms with Gasteiger partial charge in [0.1, 0.15) is 5.75 Å². The van der Waals surface area contributed by atoms with Gasteiger partial charge in [0.25, 0.3) is 0 Å². The van der Waals surface area contributed by atoms with Crippen molar-refractivity contribution >= 4 is 41.7 Å². The van der Waals surface area contributed by atoms with E-state index in [1.54, 1.807) is 7.11 Å². The summed E-state index contributed by atoms with van der Waals surface area (Å²) < 4.78 is 11.1. The molecule has 182 valence electrons. The first kappa shape index (κ1) is 27.5. The molecule has 0 spiro atoms. The van der Waals surface area contributed by atoms with Gasteiger partial charge in [-0.1, -0.05) is 18.6 Å². The van der Waals surface area contributed by atoms with Crippen molar-refractivity contribution in [2.45, 2.75) is 49.8 Å². The summed E-state index contributed by atoms with van der Waals surface area (Å²) in [5.41, 5.74) is 1.33. The zero-order chi connectivity index (χ0) is 21.9. The van der Waals surface area contributed by atoms with Crippen molar-refractivity contribution < 1.29 is 9.47 Å². The Hall–Kier alpha value is -0.710. The fraction of sp³-hybridized carbons (Fsp3) is 0.708. The Morgan fingerprint density at radius 2 is 1.84 bits per heavy atom. The van der Waals surface area contributed by atoms with Gasteiger partial charge < -0.3 is 20.1 Å². The Bertz CT molecular complexity index is 677. The molecule has 1 unspecified atom stereocenters. The highest BCUT2D eigenvalue weighted by molar-refractivity contribution is 14.0. The zero-order valence-electron chi connectivity index (χ0n) is 19.9. The molecule has 0 radical (unpaired) electrons. The van der Waals surface area contributed by atoms with Crippen LogP contribution in [0.3, 0.4) is 0 Å². The first-order chi connectivity index (χ1) is 15.2. The molecule has 8 heteroatoms. The number of nitrogens with one attached hydrogen (secondary N) is 2. The summed E-state index contributed by atoms with van der Waals surface area (Å²) in [5.74, 6) is 1.82. The van der Waals surface area contributed by atoms with Crippen LogP contribution in [0.5, 0.6) is 5.75 Å². The molecule has 0 aromatic heterocycles. The van der Waals surface area contributed by atoms with Crippen LogP contribution in [0.4, 0.5) is 0 Å². The molecule has 2 N–H and O–H groups in total. The van der Waals surface area contributed by atoms with Crippen LogP contribution in [0.1, 0.15) is 50.6 Å². The van der Waals surface area contributed by atoms with E-state index in [1.165, 1.54) is 24.8 Å². The number of ether oxygens (including phenoxy) is 2. The van der Waals surface area contributed by atoms with Crippen molar-refractivity contribution in [3.05, 3.63) is 29.8 Å². The SMILES string of the molecule is CCNC(=NCC1(SC)CCOCC1)NCC(c1ccc(OC)cc1)N1CCCCC1.I. The minimum Gasteiger partial charge on any atom is -0.497 e. The lowest BCUT2D eigenvalue weighted by atomic mass is 9.99. The van der Waals surface area contributed by atoms with Crippen molar-refractivity contribution in [3.63, 3.8) is 0 Å². The highest BCUT2D eigenvalue weighted by Crippen LogP contribution is 2.34. The molecule has 2 fully saturated rings. The third-order valence-electron chi connectivity index (χ3n) is 6.50. The Balaban J connectivity index is 0.00000363. The lowest BCUT2D eigenvalue weighted by molar-refractivity contribution is 0.0794. The molecule has 0 bridgehead atoms. The number of benzene rings is 1. The third-order valence-corrected chi connectivity index (χ3v) is 7.90. The van der Waals surface area contributed by atoms with Crippen molar-refractivity contribution in [2.24, 2.45) is 4.99 Å². The van der Waals surface area contributed by atoms with Crippen molar-refractivity contribution in [3.8, 4) is 5.75 Å². The molecular formula is C24H41IN4O2S. The summed E-state index contributed by atoms with van der Waals surface area (Å²) in [6.07, 6.45) is 8.23. The number of likely N-dealkylation sites (tertiary alicyclic amines) is 1. The fourth-order valence-corrected chi connectivity index (χ4v) is 5.21. The maximum atomic E-state index is 5.59. The normalized spacial score (nSPS) is 20.2. The maximum Gasteiger partial charge on any atom is 0.191 e. The number of thioether (sulfide) groups is 1. The highest BCUT2D eigenvalue weighted by Gasteiger charge is 2.31. The van der Waals surface area contributed by atoms with E-state index >= 15 is 0 Å². The van der Waals surface area contributed by atoms with E-state index in [-0.39, 0.29) is 28.7 Å². The molecule has 6 nitrogen and oxygen atoms in total. The number of hydrogen-bond acceptors (Lipinski definition) is 5. The molecule has 1 aromatic rings. The molecule has 32 heavy (non-hydrogen) atoms. The van der Waals surface area contributed by atoms with Crippen molar-refractivity contribution in [1.82, 2.24) is 15.5 Å². The van der Waals surface area contributed by atoms with Crippen LogP contribution in [-0.4, -0.2) is 74.9 Å². The van der Waals surface area contributed by atoms with Gasteiger partial charge in [-0.2, -0.15) is 11.8 Å². The summed E-state index contributed by atoms with van der Waals surface area (Å²) in [7, 11) is 1.72. The smallest absolute Gasteiger partial charge is 0.191 e. The number of rotatable bonds is 9. The number of nitrogens with zero attached hydrogens (tertiary/aromatic N) is 2. The average Bonchev–Trinajstić information content (AvgIpc) is 2.84. The molecule has 1 aromatic carbocycles. The number of halogens is 1. The maximum absolute atomic E-state index is 5.59. The summed E-state index contributed by atoms with van der Waals surface area (Å²) in [5, 5.41) is 7.10. The van der Waals surface area contributed by atoms with Crippen molar-refractivity contribution in [2.75, 3.05) is 59.3 Å². The average molecular weight is 577 g/mol. The van der Waals surface area contributed by atoms with E-state index in [4.69, 9.17) is 14.5 Å².